The summed E-state index contributed by atoms with van der Waals surface area (Å²) in [7, 11) is 0. The summed E-state index contributed by atoms with van der Waals surface area (Å²) < 4.78 is 5.62. The number of carbonyl (C=O) groups excluding carboxylic acids is 2. The molecule has 0 aromatic heterocycles. The molecular formula is C20H25NO3. The van der Waals surface area contributed by atoms with Crippen LogP contribution in [0.25, 0.3) is 0 Å². The third kappa shape index (κ3) is 2.97. The Kier molecular flexibility index (Phi) is 4.24. The molecule has 1 aromatic rings. The van der Waals surface area contributed by atoms with Gasteiger partial charge in [0, 0.05) is 13.0 Å². The number of benzene rings is 1. The molecule has 1 aliphatic carbocycles. The summed E-state index contributed by atoms with van der Waals surface area (Å²) in [5.74, 6) is 0.199. The first-order chi connectivity index (χ1) is 11.3. The van der Waals surface area contributed by atoms with Gasteiger partial charge in [-0.25, -0.2) is 4.79 Å². The van der Waals surface area contributed by atoms with Gasteiger partial charge in [0.1, 0.15) is 11.4 Å². The Morgan fingerprint density at radius 2 is 1.96 bits per heavy atom. The second-order valence-corrected chi connectivity index (χ2v) is 7.66. The molecule has 1 aliphatic heterocycles. The number of ketones is 1. The third-order valence-electron chi connectivity index (χ3n) is 4.77. The Morgan fingerprint density at radius 1 is 1.25 bits per heavy atom. The van der Waals surface area contributed by atoms with Crippen molar-refractivity contribution in [3.63, 3.8) is 0 Å². The van der Waals surface area contributed by atoms with Crippen LogP contribution in [0, 0.1) is 5.41 Å². The Labute approximate surface area is 143 Å². The van der Waals surface area contributed by atoms with Gasteiger partial charge in [-0.15, -0.1) is 0 Å². The van der Waals surface area contributed by atoms with E-state index in [9.17, 15) is 9.59 Å². The molecule has 1 spiro atoms. The van der Waals surface area contributed by atoms with Crippen LogP contribution in [0.4, 0.5) is 4.79 Å². The van der Waals surface area contributed by atoms with Gasteiger partial charge < -0.3 is 4.74 Å². The van der Waals surface area contributed by atoms with Crippen molar-refractivity contribution in [3.05, 3.63) is 48.0 Å². The molecule has 1 aromatic carbocycles. The van der Waals surface area contributed by atoms with Crippen LogP contribution in [0.1, 0.15) is 51.6 Å². The van der Waals surface area contributed by atoms with E-state index in [1.165, 1.54) is 0 Å². The lowest BCUT2D eigenvalue weighted by Gasteiger charge is -2.46. The molecule has 0 N–H and O–H groups in total. The summed E-state index contributed by atoms with van der Waals surface area (Å²) >= 11 is 0. The van der Waals surface area contributed by atoms with Crippen LogP contribution in [0.3, 0.4) is 0 Å². The number of hydrogen-bond donors (Lipinski definition) is 0. The Bertz CT molecular complexity index is 659. The molecule has 2 aliphatic rings. The van der Waals surface area contributed by atoms with E-state index in [0.717, 1.165) is 18.4 Å². The molecular weight excluding hydrogens is 302 g/mol. The third-order valence-corrected chi connectivity index (χ3v) is 4.77. The fourth-order valence-electron chi connectivity index (χ4n) is 3.84. The first kappa shape index (κ1) is 16.7. The number of Topliss-reactive ketones (excluding diaryl/α,β-unsaturated/α-hetero) is 1. The summed E-state index contributed by atoms with van der Waals surface area (Å²) in [6.45, 7) is 6.20. The molecule has 1 saturated heterocycles. The van der Waals surface area contributed by atoms with Crippen molar-refractivity contribution >= 4 is 11.9 Å². The number of carbonyl (C=O) groups is 2. The van der Waals surface area contributed by atoms with Gasteiger partial charge in [-0.05, 0) is 39.2 Å². The highest BCUT2D eigenvalue weighted by Gasteiger charge is 2.52. The van der Waals surface area contributed by atoms with Gasteiger partial charge in [0.2, 0.25) is 0 Å². The molecule has 1 heterocycles. The Balaban J connectivity index is 2.02. The van der Waals surface area contributed by atoms with Gasteiger partial charge in [0.15, 0.2) is 0 Å². The van der Waals surface area contributed by atoms with E-state index in [4.69, 9.17) is 4.74 Å². The number of amides is 1. The zero-order valence-electron chi connectivity index (χ0n) is 14.6. The van der Waals surface area contributed by atoms with Crippen LogP contribution < -0.4 is 0 Å². The SMILES string of the molecule is CC(C)(C)OC(=O)N1CCCC2(C=CCC2=O)C1c1ccccc1. The van der Waals surface area contributed by atoms with Crippen molar-refractivity contribution in [1.82, 2.24) is 4.90 Å². The highest BCUT2D eigenvalue weighted by atomic mass is 16.6. The van der Waals surface area contributed by atoms with E-state index in [1.54, 1.807) is 4.90 Å². The maximum atomic E-state index is 12.8. The lowest BCUT2D eigenvalue weighted by Crippen LogP contribution is -2.51. The van der Waals surface area contributed by atoms with Crippen LogP contribution in [-0.4, -0.2) is 28.9 Å². The molecule has 1 fully saturated rings. The molecule has 1 amide bonds. The predicted octanol–water partition coefficient (Wildman–Crippen LogP) is 4.27. The molecule has 0 bridgehead atoms. The highest BCUT2D eigenvalue weighted by molar-refractivity contribution is 5.92. The molecule has 3 rings (SSSR count). The molecule has 2 atom stereocenters. The Morgan fingerprint density at radius 3 is 2.54 bits per heavy atom. The van der Waals surface area contributed by atoms with Crippen molar-refractivity contribution in [2.24, 2.45) is 5.41 Å². The average Bonchev–Trinajstić information content (AvgIpc) is 2.87. The van der Waals surface area contributed by atoms with Crippen molar-refractivity contribution in [3.8, 4) is 0 Å². The molecule has 128 valence electrons. The quantitative estimate of drug-likeness (QED) is 0.724. The van der Waals surface area contributed by atoms with Gasteiger partial charge in [-0.1, -0.05) is 42.5 Å². The number of nitrogens with zero attached hydrogens (tertiary/aromatic N) is 1. The minimum Gasteiger partial charge on any atom is -0.444 e. The van der Waals surface area contributed by atoms with Gasteiger partial charge in [0.05, 0.1) is 11.5 Å². The number of piperidine rings is 1. The minimum atomic E-state index is -0.615. The fraction of sp³-hybridized carbons (Fsp3) is 0.500. The lowest BCUT2D eigenvalue weighted by molar-refractivity contribution is -0.130. The molecule has 2 unspecified atom stereocenters. The van der Waals surface area contributed by atoms with Crippen LogP contribution in [0.15, 0.2) is 42.5 Å². The summed E-state index contributed by atoms with van der Waals surface area (Å²) in [4.78, 5) is 27.3. The van der Waals surface area contributed by atoms with Crippen molar-refractivity contribution in [2.45, 2.75) is 51.7 Å². The number of allylic oxidation sites excluding steroid dienone is 1. The molecule has 4 nitrogen and oxygen atoms in total. The largest absolute Gasteiger partial charge is 0.444 e. The zero-order valence-corrected chi connectivity index (χ0v) is 14.6. The molecule has 4 heteroatoms. The second kappa shape index (κ2) is 6.08. The van der Waals surface area contributed by atoms with Crippen LogP contribution in [0.2, 0.25) is 0 Å². The first-order valence-electron chi connectivity index (χ1n) is 8.59. The van der Waals surface area contributed by atoms with Crippen molar-refractivity contribution in [2.75, 3.05) is 6.54 Å². The maximum absolute atomic E-state index is 12.8. The van der Waals surface area contributed by atoms with E-state index in [-0.39, 0.29) is 17.9 Å². The van der Waals surface area contributed by atoms with Gasteiger partial charge in [0.25, 0.3) is 0 Å². The smallest absolute Gasteiger partial charge is 0.410 e. The van der Waals surface area contributed by atoms with Gasteiger partial charge >= 0.3 is 6.09 Å². The van der Waals surface area contributed by atoms with Crippen LogP contribution in [0.5, 0.6) is 0 Å². The summed E-state index contributed by atoms with van der Waals surface area (Å²) in [6, 6.07) is 9.54. The van der Waals surface area contributed by atoms with E-state index in [1.807, 2.05) is 63.3 Å². The lowest BCUT2D eigenvalue weighted by atomic mass is 9.69. The summed E-state index contributed by atoms with van der Waals surface area (Å²) in [6.07, 6.45) is 5.65. The summed E-state index contributed by atoms with van der Waals surface area (Å²) in [5, 5.41) is 0. The number of rotatable bonds is 1. The standard InChI is InChI=1S/C20H25NO3/c1-19(2,3)24-18(23)21-14-8-13-20(12-7-11-16(20)22)17(21)15-9-5-4-6-10-15/h4-7,9-10,12,17H,8,11,13-14H2,1-3H3. The molecule has 24 heavy (non-hydrogen) atoms. The van der Waals surface area contributed by atoms with Gasteiger partial charge in [-0.3, -0.25) is 9.69 Å². The van der Waals surface area contributed by atoms with Crippen molar-refractivity contribution in [1.29, 1.82) is 0 Å². The van der Waals surface area contributed by atoms with E-state index >= 15 is 0 Å². The number of hydrogen-bond acceptors (Lipinski definition) is 3. The average molecular weight is 327 g/mol. The monoisotopic (exact) mass is 327 g/mol. The van der Waals surface area contributed by atoms with Crippen LogP contribution in [-0.2, 0) is 9.53 Å². The highest BCUT2D eigenvalue weighted by Crippen LogP contribution is 2.50. The van der Waals surface area contributed by atoms with E-state index in [2.05, 4.69) is 0 Å². The maximum Gasteiger partial charge on any atom is 0.410 e. The van der Waals surface area contributed by atoms with Crippen molar-refractivity contribution < 1.29 is 14.3 Å². The predicted molar refractivity (Wildman–Crippen MR) is 92.6 cm³/mol. The minimum absolute atomic E-state index is 0.199. The topological polar surface area (TPSA) is 46.6 Å². The summed E-state index contributed by atoms with van der Waals surface area (Å²) in [5.41, 5.74) is -0.183. The second-order valence-electron chi connectivity index (χ2n) is 7.66. The fourth-order valence-corrected chi connectivity index (χ4v) is 3.84. The van der Waals surface area contributed by atoms with Gasteiger partial charge in [-0.2, -0.15) is 0 Å². The Hall–Kier alpha value is -2.10. The van der Waals surface area contributed by atoms with E-state index in [0.29, 0.717) is 13.0 Å². The number of ether oxygens (including phenoxy) is 1. The zero-order chi connectivity index (χ0) is 17.4. The normalized spacial score (nSPS) is 26.9. The van der Waals surface area contributed by atoms with E-state index < -0.39 is 11.0 Å². The molecule has 0 saturated carbocycles. The van der Waals surface area contributed by atoms with Crippen LogP contribution >= 0.6 is 0 Å². The molecule has 0 radical (unpaired) electrons. The number of likely N-dealkylation sites (tertiary alicyclic amines) is 1. The first-order valence-corrected chi connectivity index (χ1v) is 8.59.